The number of nitrogens with one attached hydrogen (secondary N) is 1. The minimum absolute atomic E-state index is 0.0960. The highest BCUT2D eigenvalue weighted by molar-refractivity contribution is 7.99. The van der Waals surface area contributed by atoms with E-state index in [0.717, 1.165) is 68.3 Å². The Hall–Kier alpha value is -4.29. The fraction of sp³-hybridized carbons (Fsp3) is 0.349. The molecule has 2 N–H and O–H groups in total. The summed E-state index contributed by atoms with van der Waals surface area (Å²) in [7, 11) is 0. The molecule has 49 heavy (non-hydrogen) atoms. The molecule has 0 bridgehead atoms. The van der Waals surface area contributed by atoms with Crippen molar-refractivity contribution >= 4 is 35.2 Å². The summed E-state index contributed by atoms with van der Waals surface area (Å²) in [5.41, 5.74) is 6.95. The molecule has 5 nitrogen and oxygen atoms in total. The van der Waals surface area contributed by atoms with E-state index in [2.05, 4.69) is 72.8 Å². The van der Waals surface area contributed by atoms with Crippen LogP contribution >= 0.6 is 11.8 Å². The van der Waals surface area contributed by atoms with Crippen LogP contribution < -0.4 is 10.1 Å². The van der Waals surface area contributed by atoms with Crippen LogP contribution in [0.1, 0.15) is 99.1 Å². The summed E-state index contributed by atoms with van der Waals surface area (Å²) in [6.07, 6.45) is 5.23. The lowest BCUT2D eigenvalue weighted by molar-refractivity contribution is -0.115. The van der Waals surface area contributed by atoms with Gasteiger partial charge in [-0.25, -0.2) is 0 Å². The van der Waals surface area contributed by atoms with Crippen molar-refractivity contribution in [2.45, 2.75) is 90.4 Å². The molecule has 0 aliphatic rings. The van der Waals surface area contributed by atoms with Crippen LogP contribution in [-0.2, 0) is 34.9 Å². The van der Waals surface area contributed by atoms with E-state index in [0.29, 0.717) is 17.9 Å². The Bertz CT molecular complexity index is 1730. The second-order valence-corrected chi connectivity index (χ2v) is 15.6. The lowest BCUT2D eigenvalue weighted by atomic mass is 9.79. The first kappa shape index (κ1) is 37.5. The number of amides is 1. The summed E-state index contributed by atoms with van der Waals surface area (Å²) in [5.74, 6) is 1.70. The SMILES string of the molecule is CCc1cccc(CC)c1NC(=O)Cc1cccc(C(=O)/C=C/c2ccc(OCCSc3cc(C(C)(C)C)c(O)c(C(C)(C)C)c3)cc2)c1. The van der Waals surface area contributed by atoms with E-state index >= 15 is 0 Å². The zero-order chi connectivity index (χ0) is 35.8. The molecule has 1 amide bonds. The summed E-state index contributed by atoms with van der Waals surface area (Å²) < 4.78 is 6.01. The summed E-state index contributed by atoms with van der Waals surface area (Å²) in [6, 6.07) is 25.3. The monoisotopic (exact) mass is 677 g/mol. The van der Waals surface area contributed by atoms with Gasteiger partial charge in [0.2, 0.25) is 5.91 Å². The third kappa shape index (κ3) is 10.4. The minimum atomic E-state index is -0.166. The van der Waals surface area contributed by atoms with Crippen molar-refractivity contribution in [3.63, 3.8) is 0 Å². The number of carbonyl (C=O) groups is 2. The molecule has 0 atom stereocenters. The maximum Gasteiger partial charge on any atom is 0.228 e. The lowest BCUT2D eigenvalue weighted by Crippen LogP contribution is -2.17. The molecule has 4 aromatic carbocycles. The number of para-hydroxylation sites is 1. The smallest absolute Gasteiger partial charge is 0.228 e. The standard InChI is InChI=1S/C43H51NO4S/c1-9-31-14-12-15-32(10-2)40(31)44-39(46)26-30-13-11-16-33(25-30)38(45)22-19-29-17-20-34(21-18-29)48-23-24-49-35-27-36(42(3,4)5)41(47)37(28-35)43(6,7)8/h11-22,25,27-28,47H,9-10,23-24,26H2,1-8H3,(H,44,46)/b22-19+. The van der Waals surface area contributed by atoms with Gasteiger partial charge in [-0.05, 0) is 82.3 Å². The first-order chi connectivity index (χ1) is 23.2. The quantitative estimate of drug-likeness (QED) is 0.0638. The van der Waals surface area contributed by atoms with Crippen LogP contribution in [-0.4, -0.2) is 29.2 Å². The van der Waals surface area contributed by atoms with E-state index in [1.165, 1.54) is 0 Å². The molecule has 0 saturated carbocycles. The number of allylic oxidation sites excluding steroid dienone is 1. The van der Waals surface area contributed by atoms with Gasteiger partial charge in [0.15, 0.2) is 5.78 Å². The van der Waals surface area contributed by atoms with Gasteiger partial charge in [0, 0.05) is 33.0 Å². The Morgan fingerprint density at radius 2 is 1.41 bits per heavy atom. The Morgan fingerprint density at radius 3 is 1.98 bits per heavy atom. The molecule has 0 heterocycles. The zero-order valence-electron chi connectivity index (χ0n) is 30.3. The predicted octanol–water partition coefficient (Wildman–Crippen LogP) is 10.4. The van der Waals surface area contributed by atoms with Crippen LogP contribution in [0.5, 0.6) is 11.5 Å². The molecule has 0 fully saturated rings. The Labute approximate surface area is 297 Å². The number of hydrogen-bond donors (Lipinski definition) is 2. The van der Waals surface area contributed by atoms with Gasteiger partial charge < -0.3 is 15.2 Å². The molecule has 0 radical (unpaired) electrons. The number of hydrogen-bond acceptors (Lipinski definition) is 5. The summed E-state index contributed by atoms with van der Waals surface area (Å²) in [4.78, 5) is 27.1. The van der Waals surface area contributed by atoms with Crippen LogP contribution in [0.25, 0.3) is 6.08 Å². The molecule has 0 aliphatic carbocycles. The van der Waals surface area contributed by atoms with Crippen molar-refractivity contribution in [1.82, 2.24) is 0 Å². The van der Waals surface area contributed by atoms with Crippen molar-refractivity contribution in [2.75, 3.05) is 17.7 Å². The van der Waals surface area contributed by atoms with Crippen molar-refractivity contribution in [1.29, 1.82) is 0 Å². The highest BCUT2D eigenvalue weighted by atomic mass is 32.2. The van der Waals surface area contributed by atoms with E-state index in [-0.39, 0.29) is 28.9 Å². The van der Waals surface area contributed by atoms with Crippen LogP contribution in [0.2, 0.25) is 0 Å². The second kappa shape index (κ2) is 16.4. The third-order valence-corrected chi connectivity index (χ3v) is 9.41. The number of ketones is 1. The third-order valence-electron chi connectivity index (χ3n) is 8.47. The number of benzene rings is 4. The van der Waals surface area contributed by atoms with Crippen molar-refractivity contribution < 1.29 is 19.4 Å². The molecule has 4 aromatic rings. The number of ether oxygens (including phenoxy) is 1. The van der Waals surface area contributed by atoms with E-state index < -0.39 is 0 Å². The topological polar surface area (TPSA) is 75.6 Å². The average Bonchev–Trinajstić information content (AvgIpc) is 3.05. The van der Waals surface area contributed by atoms with Gasteiger partial charge >= 0.3 is 0 Å². The summed E-state index contributed by atoms with van der Waals surface area (Å²) >= 11 is 1.72. The number of aromatic hydroxyl groups is 1. The molecule has 0 aliphatic heterocycles. The fourth-order valence-electron chi connectivity index (χ4n) is 5.70. The van der Waals surface area contributed by atoms with Crippen LogP contribution in [0.15, 0.2) is 89.8 Å². The maximum atomic E-state index is 13.0. The zero-order valence-corrected chi connectivity index (χ0v) is 31.1. The molecule has 0 saturated heterocycles. The number of phenols is 1. The van der Waals surface area contributed by atoms with Gasteiger partial charge in [-0.2, -0.15) is 0 Å². The molecular formula is C43H51NO4S. The Kier molecular flexibility index (Phi) is 12.6. The number of carbonyl (C=O) groups excluding carboxylic acids is 2. The average molecular weight is 678 g/mol. The van der Waals surface area contributed by atoms with Gasteiger partial charge in [0.05, 0.1) is 13.0 Å². The number of rotatable bonds is 13. The molecule has 258 valence electrons. The number of phenolic OH excluding ortho intramolecular Hbond substituents is 1. The normalized spacial score (nSPS) is 11.9. The van der Waals surface area contributed by atoms with Crippen LogP contribution in [0.4, 0.5) is 5.69 Å². The molecule has 6 heteroatoms. The Morgan fingerprint density at radius 1 is 0.816 bits per heavy atom. The first-order valence-corrected chi connectivity index (χ1v) is 18.1. The summed E-state index contributed by atoms with van der Waals surface area (Å²) in [6.45, 7) is 17.4. The largest absolute Gasteiger partial charge is 0.507 e. The van der Waals surface area contributed by atoms with Crippen molar-refractivity contribution in [3.8, 4) is 11.5 Å². The van der Waals surface area contributed by atoms with Gasteiger partial charge in [0.25, 0.3) is 0 Å². The van der Waals surface area contributed by atoms with Crippen LogP contribution in [0, 0.1) is 0 Å². The summed E-state index contributed by atoms with van der Waals surface area (Å²) in [5, 5.41) is 14.1. The van der Waals surface area contributed by atoms with Crippen LogP contribution in [0.3, 0.4) is 0 Å². The van der Waals surface area contributed by atoms with Gasteiger partial charge in [-0.1, -0.05) is 110 Å². The molecule has 0 spiro atoms. The molecule has 0 unspecified atom stereocenters. The van der Waals surface area contributed by atoms with E-state index in [1.807, 2.05) is 54.6 Å². The lowest BCUT2D eigenvalue weighted by Gasteiger charge is -2.28. The Balaban J connectivity index is 1.31. The molecular weight excluding hydrogens is 627 g/mol. The van der Waals surface area contributed by atoms with Gasteiger partial charge in [-0.3, -0.25) is 9.59 Å². The maximum absolute atomic E-state index is 13.0. The second-order valence-electron chi connectivity index (χ2n) is 14.4. The number of anilines is 1. The van der Waals surface area contributed by atoms with Crippen molar-refractivity contribution in [2.24, 2.45) is 0 Å². The van der Waals surface area contributed by atoms with E-state index in [9.17, 15) is 14.7 Å². The fourth-order valence-corrected chi connectivity index (χ4v) is 6.51. The minimum Gasteiger partial charge on any atom is -0.507 e. The van der Waals surface area contributed by atoms with Crippen molar-refractivity contribution in [3.05, 3.63) is 124 Å². The van der Waals surface area contributed by atoms with E-state index in [4.69, 9.17) is 4.74 Å². The highest BCUT2D eigenvalue weighted by Crippen LogP contribution is 2.41. The highest BCUT2D eigenvalue weighted by Gasteiger charge is 2.26. The number of thioether (sulfide) groups is 1. The molecule has 4 rings (SSSR count). The molecule has 0 aromatic heterocycles. The van der Waals surface area contributed by atoms with E-state index in [1.54, 1.807) is 36.0 Å². The first-order valence-electron chi connectivity index (χ1n) is 17.1. The number of aryl methyl sites for hydroxylation is 2. The van der Waals surface area contributed by atoms with Gasteiger partial charge in [-0.15, -0.1) is 11.8 Å². The van der Waals surface area contributed by atoms with Gasteiger partial charge in [0.1, 0.15) is 11.5 Å². The predicted molar refractivity (Wildman–Crippen MR) is 206 cm³/mol.